The van der Waals surface area contributed by atoms with Gasteiger partial charge in [0.1, 0.15) is 0 Å². The van der Waals surface area contributed by atoms with Gasteiger partial charge in [0.25, 0.3) is 5.91 Å². The molecule has 0 fully saturated rings. The van der Waals surface area contributed by atoms with Crippen molar-refractivity contribution in [3.05, 3.63) is 53.3 Å². The number of benzene rings is 1. The molecule has 0 spiro atoms. The number of aliphatic hydroxyl groups is 1. The minimum atomic E-state index is -1.06. The molecule has 3 rings (SSSR count). The lowest BCUT2D eigenvalue weighted by molar-refractivity contribution is -0.123. The molecule has 5 nitrogen and oxygen atoms in total. The molecule has 1 amide bonds. The number of fused-ring (bicyclic) bond motifs is 1. The second-order valence-corrected chi connectivity index (χ2v) is 5.29. The van der Waals surface area contributed by atoms with Gasteiger partial charge in [0, 0.05) is 29.7 Å². The molecular formula is C16H17N3O2. The molecule has 1 unspecified atom stereocenters. The van der Waals surface area contributed by atoms with Gasteiger partial charge in [0.15, 0.2) is 6.10 Å². The normalized spacial score (nSPS) is 16.5. The summed E-state index contributed by atoms with van der Waals surface area (Å²) in [6.45, 7) is 2.65. The van der Waals surface area contributed by atoms with Gasteiger partial charge in [-0.1, -0.05) is 12.1 Å². The maximum Gasteiger partial charge on any atom is 0.257 e. The smallest absolute Gasteiger partial charge is 0.257 e. The predicted octanol–water partition coefficient (Wildman–Crippen LogP) is 2.01. The quantitative estimate of drug-likeness (QED) is 0.904. The van der Waals surface area contributed by atoms with Crippen molar-refractivity contribution in [3.63, 3.8) is 0 Å². The molecule has 1 aromatic heterocycles. The maximum atomic E-state index is 11.5. The van der Waals surface area contributed by atoms with Gasteiger partial charge in [-0.05, 0) is 31.2 Å². The Morgan fingerprint density at radius 3 is 2.90 bits per heavy atom. The number of nitrogens with one attached hydrogen (secondary N) is 1. The molecule has 2 N–H and O–H groups in total. The number of carbonyl (C=O) groups is 1. The first kappa shape index (κ1) is 13.6. The number of rotatable bonds is 3. The van der Waals surface area contributed by atoms with Crippen LogP contribution in [0.3, 0.4) is 0 Å². The highest BCUT2D eigenvalue weighted by molar-refractivity contribution is 6.02. The molecule has 21 heavy (non-hydrogen) atoms. The Bertz CT molecular complexity index is 700. The lowest BCUT2D eigenvalue weighted by Crippen LogP contribution is -2.17. The van der Waals surface area contributed by atoms with Crippen molar-refractivity contribution in [2.45, 2.75) is 19.6 Å². The highest BCUT2D eigenvalue weighted by Gasteiger charge is 2.28. The number of amides is 1. The summed E-state index contributed by atoms with van der Waals surface area (Å²) < 4.78 is 0. The molecule has 0 saturated carbocycles. The Balaban J connectivity index is 1.81. The summed E-state index contributed by atoms with van der Waals surface area (Å²) in [4.78, 5) is 18.0. The summed E-state index contributed by atoms with van der Waals surface area (Å²) in [5.74, 6) is -0.370. The van der Waals surface area contributed by atoms with Crippen molar-refractivity contribution in [2.24, 2.45) is 0 Å². The molecule has 0 radical (unpaired) electrons. The van der Waals surface area contributed by atoms with Crippen LogP contribution in [0.15, 0.2) is 36.4 Å². The Labute approximate surface area is 123 Å². The van der Waals surface area contributed by atoms with E-state index >= 15 is 0 Å². The molecule has 5 heteroatoms. The Morgan fingerprint density at radius 2 is 2.14 bits per heavy atom. The number of aromatic nitrogens is 1. The van der Waals surface area contributed by atoms with E-state index in [9.17, 15) is 9.90 Å². The fourth-order valence-corrected chi connectivity index (χ4v) is 2.49. The van der Waals surface area contributed by atoms with E-state index in [0.29, 0.717) is 17.8 Å². The van der Waals surface area contributed by atoms with E-state index in [4.69, 9.17) is 0 Å². The molecule has 1 atom stereocenters. The fourth-order valence-electron chi connectivity index (χ4n) is 2.49. The largest absolute Gasteiger partial charge is 0.378 e. The van der Waals surface area contributed by atoms with E-state index < -0.39 is 6.10 Å². The summed E-state index contributed by atoms with van der Waals surface area (Å²) in [5, 5.41) is 12.4. The molecule has 0 bridgehead atoms. The van der Waals surface area contributed by atoms with E-state index in [1.54, 1.807) is 6.07 Å². The highest BCUT2D eigenvalue weighted by atomic mass is 16.3. The van der Waals surface area contributed by atoms with Crippen LogP contribution in [0.1, 0.15) is 23.1 Å². The van der Waals surface area contributed by atoms with Crippen molar-refractivity contribution in [1.82, 2.24) is 4.98 Å². The van der Waals surface area contributed by atoms with Gasteiger partial charge in [-0.25, -0.2) is 0 Å². The molecule has 1 aliphatic heterocycles. The van der Waals surface area contributed by atoms with Crippen molar-refractivity contribution >= 4 is 17.3 Å². The summed E-state index contributed by atoms with van der Waals surface area (Å²) in [5.41, 5.74) is 4.25. The summed E-state index contributed by atoms with van der Waals surface area (Å²) in [6.07, 6.45) is -1.06. The van der Waals surface area contributed by atoms with Crippen molar-refractivity contribution < 1.29 is 9.90 Å². The van der Waals surface area contributed by atoms with E-state index in [2.05, 4.69) is 15.2 Å². The summed E-state index contributed by atoms with van der Waals surface area (Å²) >= 11 is 0. The molecule has 2 heterocycles. The third-order valence-corrected chi connectivity index (χ3v) is 3.62. The third-order valence-electron chi connectivity index (χ3n) is 3.62. The standard InChI is InChI=1S/C16H17N3O2/c1-10-4-3-5-11(17-10)9-19(2)12-6-7-13-14(8-12)18-16(21)15(13)20/h3-8,15,20H,9H2,1-2H3,(H,18,21). The number of hydrogen-bond acceptors (Lipinski definition) is 4. The van der Waals surface area contributed by atoms with Gasteiger partial charge >= 0.3 is 0 Å². The van der Waals surface area contributed by atoms with Gasteiger partial charge in [-0.3, -0.25) is 9.78 Å². The van der Waals surface area contributed by atoms with Crippen molar-refractivity contribution in [3.8, 4) is 0 Å². The fraction of sp³-hybridized carbons (Fsp3) is 0.250. The zero-order valence-corrected chi connectivity index (χ0v) is 12.0. The van der Waals surface area contributed by atoms with Crippen LogP contribution in [0.25, 0.3) is 0 Å². The zero-order valence-electron chi connectivity index (χ0n) is 12.0. The van der Waals surface area contributed by atoms with Crippen LogP contribution in [-0.2, 0) is 11.3 Å². The number of anilines is 2. The maximum absolute atomic E-state index is 11.5. The minimum absolute atomic E-state index is 0.370. The van der Waals surface area contributed by atoms with Gasteiger partial charge in [-0.2, -0.15) is 0 Å². The number of pyridine rings is 1. The number of aliphatic hydroxyl groups excluding tert-OH is 1. The van der Waals surface area contributed by atoms with Crippen LogP contribution in [0.5, 0.6) is 0 Å². The first-order chi connectivity index (χ1) is 10.0. The predicted molar refractivity (Wildman–Crippen MR) is 81.1 cm³/mol. The Hall–Kier alpha value is -2.40. The van der Waals surface area contributed by atoms with E-state index in [1.807, 2.05) is 44.3 Å². The second kappa shape index (κ2) is 5.18. The summed E-state index contributed by atoms with van der Waals surface area (Å²) in [7, 11) is 1.97. The van der Waals surface area contributed by atoms with Gasteiger partial charge in [0.05, 0.1) is 12.2 Å². The number of carbonyl (C=O) groups excluding carboxylic acids is 1. The molecule has 0 aliphatic carbocycles. The molecule has 1 aromatic carbocycles. The Kier molecular flexibility index (Phi) is 3.35. The summed E-state index contributed by atoms with van der Waals surface area (Å²) in [6, 6.07) is 11.5. The second-order valence-electron chi connectivity index (χ2n) is 5.29. The van der Waals surface area contributed by atoms with Crippen LogP contribution in [0.4, 0.5) is 11.4 Å². The number of hydrogen-bond donors (Lipinski definition) is 2. The average Bonchev–Trinajstić information content (AvgIpc) is 2.73. The van der Waals surface area contributed by atoms with Crippen LogP contribution >= 0.6 is 0 Å². The average molecular weight is 283 g/mol. The highest BCUT2D eigenvalue weighted by Crippen LogP contribution is 2.33. The first-order valence-electron chi connectivity index (χ1n) is 6.81. The van der Waals surface area contributed by atoms with Crippen molar-refractivity contribution in [1.29, 1.82) is 0 Å². The third kappa shape index (κ3) is 2.60. The van der Waals surface area contributed by atoms with Gasteiger partial charge in [-0.15, -0.1) is 0 Å². The molecular weight excluding hydrogens is 266 g/mol. The van der Waals surface area contributed by atoms with Crippen molar-refractivity contribution in [2.75, 3.05) is 17.3 Å². The monoisotopic (exact) mass is 283 g/mol. The van der Waals surface area contributed by atoms with Gasteiger partial charge < -0.3 is 15.3 Å². The van der Waals surface area contributed by atoms with E-state index in [0.717, 1.165) is 17.1 Å². The van der Waals surface area contributed by atoms with Crippen LogP contribution in [-0.4, -0.2) is 23.0 Å². The van der Waals surface area contributed by atoms with E-state index in [-0.39, 0.29) is 5.91 Å². The van der Waals surface area contributed by atoms with Crippen LogP contribution in [0, 0.1) is 6.92 Å². The van der Waals surface area contributed by atoms with E-state index in [1.165, 1.54) is 0 Å². The topological polar surface area (TPSA) is 65.5 Å². The van der Waals surface area contributed by atoms with Crippen LogP contribution in [0.2, 0.25) is 0 Å². The molecule has 0 saturated heterocycles. The lowest BCUT2D eigenvalue weighted by atomic mass is 10.1. The minimum Gasteiger partial charge on any atom is -0.378 e. The Morgan fingerprint density at radius 1 is 1.33 bits per heavy atom. The molecule has 1 aliphatic rings. The molecule has 108 valence electrons. The van der Waals surface area contributed by atoms with Crippen LogP contribution < -0.4 is 10.2 Å². The zero-order chi connectivity index (χ0) is 15.0. The SMILES string of the molecule is Cc1cccc(CN(C)c2ccc3c(c2)NC(=O)C3O)n1. The lowest BCUT2D eigenvalue weighted by Gasteiger charge is -2.20. The number of nitrogens with zero attached hydrogens (tertiary/aromatic N) is 2. The first-order valence-corrected chi connectivity index (χ1v) is 6.81. The van der Waals surface area contributed by atoms with Gasteiger partial charge in [0.2, 0.25) is 0 Å². The number of aryl methyl sites for hydroxylation is 1. The molecule has 2 aromatic rings.